The molecule has 0 aromatic heterocycles. The van der Waals surface area contributed by atoms with Gasteiger partial charge in [0, 0.05) is 45.3 Å². The molecule has 0 radical (unpaired) electrons. The van der Waals surface area contributed by atoms with Gasteiger partial charge in [0.25, 0.3) is 0 Å². The zero-order valence-electron chi connectivity index (χ0n) is 8.75. The van der Waals surface area contributed by atoms with Crippen LogP contribution >= 0.6 is 0 Å². The van der Waals surface area contributed by atoms with Crippen molar-refractivity contribution in [3.8, 4) is 0 Å². The maximum Gasteiger partial charge on any atom is 0.0693 e. The molecule has 5 heteroatoms. The summed E-state index contributed by atoms with van der Waals surface area (Å²) < 4.78 is 8.88. The van der Waals surface area contributed by atoms with Crippen molar-refractivity contribution in [3.05, 3.63) is 6.92 Å². The number of hydrogen-bond acceptors (Lipinski definition) is 4. The van der Waals surface area contributed by atoms with Crippen LogP contribution in [0.1, 0.15) is 36.6 Å². The number of hydrogen-bond donors (Lipinski definition) is 2. The van der Waals surface area contributed by atoms with Gasteiger partial charge >= 0.3 is 0 Å². The Kier molecular flexibility index (Phi) is 276. The molecule has 0 aliphatic heterocycles. The van der Waals surface area contributed by atoms with Crippen molar-refractivity contribution in [2.45, 2.75) is 36.6 Å². The average Bonchev–Trinajstić information content (AvgIpc) is 2.12. The summed E-state index contributed by atoms with van der Waals surface area (Å²) in [4.78, 5) is 0. The number of methoxy groups -OCH3 is 2. The Labute approximate surface area is 134 Å². The first-order valence-corrected chi connectivity index (χ1v) is 3.73. The molecule has 114 valence electrons. The first kappa shape index (κ1) is 52.2. The number of rotatable bonds is 4. The van der Waals surface area contributed by atoms with Crippen LogP contribution in [0.3, 0.4) is 0 Å². The summed E-state index contributed by atoms with van der Waals surface area (Å²) in [5.74, 6) is 0. The Morgan fingerprint density at radius 2 is 0.941 bits per heavy atom. The Balaban J connectivity index is -0.0000000110. The van der Waals surface area contributed by atoms with Gasteiger partial charge in [0.05, 0.1) is 26.4 Å². The fourth-order valence-corrected chi connectivity index (χ4v) is 0.183. The summed E-state index contributed by atoms with van der Waals surface area (Å²) >= 11 is 0. The molecule has 4 nitrogen and oxygen atoms in total. The summed E-state index contributed by atoms with van der Waals surface area (Å²) in [6.07, 6.45) is 0. The second kappa shape index (κ2) is 89.8. The van der Waals surface area contributed by atoms with Crippen molar-refractivity contribution in [1.82, 2.24) is 0 Å². The van der Waals surface area contributed by atoms with Gasteiger partial charge < -0.3 is 26.6 Å². The Hall–Kier alpha value is 0.892. The zero-order valence-corrected chi connectivity index (χ0v) is 12.9. The molecule has 2 N–H and O–H groups in total. The van der Waals surface area contributed by atoms with Crippen LogP contribution in [0.25, 0.3) is 0 Å². The largest absolute Gasteiger partial charge is 0.394 e. The van der Waals surface area contributed by atoms with Crippen LogP contribution in [0, 0.1) is 38.0 Å². The third-order valence-corrected chi connectivity index (χ3v) is 0.591. The van der Waals surface area contributed by atoms with E-state index in [1.165, 1.54) is 0 Å². The van der Waals surface area contributed by atoms with Crippen LogP contribution in [-0.2, 0) is 9.47 Å². The molecule has 0 aromatic carbocycles. The summed E-state index contributed by atoms with van der Waals surface area (Å²) in [7, 11) is 3.10. The molecule has 17 heavy (non-hydrogen) atoms. The number of aliphatic hydroxyl groups excluding tert-OH is 2. The van der Waals surface area contributed by atoms with Crippen LogP contribution in [0.5, 0.6) is 0 Å². The molecule has 0 unspecified atom stereocenters. The van der Waals surface area contributed by atoms with E-state index in [4.69, 9.17) is 10.2 Å². The van der Waals surface area contributed by atoms with Gasteiger partial charge in [-0.1, -0.05) is 29.7 Å². The minimum atomic E-state index is 0. The van der Waals surface area contributed by atoms with Gasteiger partial charge in [-0.15, -0.1) is 0 Å². The average molecular weight is 483 g/mol. The maximum absolute atomic E-state index is 7.94. The molecule has 0 heterocycles. The van der Waals surface area contributed by atoms with E-state index >= 15 is 0 Å². The van der Waals surface area contributed by atoms with Gasteiger partial charge in [-0.2, -0.15) is 6.92 Å². The van der Waals surface area contributed by atoms with E-state index in [9.17, 15) is 0 Å². The third-order valence-electron chi connectivity index (χ3n) is 0.591. The summed E-state index contributed by atoms with van der Waals surface area (Å²) in [6, 6.07) is 0. The molecule has 0 saturated heterocycles. The molecule has 0 fully saturated rings. The zero-order chi connectivity index (χ0) is 10.2. The summed E-state index contributed by atoms with van der Waals surface area (Å²) in [5.41, 5.74) is 0. The van der Waals surface area contributed by atoms with E-state index in [0.717, 1.165) is 0 Å². The molecule has 0 spiro atoms. The molecule has 0 aromatic rings. The summed E-state index contributed by atoms with van der Waals surface area (Å²) in [5, 5.41) is 15.9. The molecule has 0 aliphatic rings. The van der Waals surface area contributed by atoms with E-state index in [0.29, 0.717) is 13.2 Å². The van der Waals surface area contributed by atoms with Crippen molar-refractivity contribution in [2.24, 2.45) is 0 Å². The minimum Gasteiger partial charge on any atom is -0.394 e. The van der Waals surface area contributed by atoms with Gasteiger partial charge in [-0.05, 0) is 0 Å². The smallest absolute Gasteiger partial charge is 0.0693 e. The normalized spacial score (nSPS) is 5.29. The molecule has 0 amide bonds. The third kappa shape index (κ3) is 157. The Morgan fingerprint density at radius 3 is 0.941 bits per heavy atom. The second-order valence-electron chi connectivity index (χ2n) is 1.43. The fourth-order valence-electron chi connectivity index (χ4n) is 0.183. The minimum absolute atomic E-state index is 0. The van der Waals surface area contributed by atoms with E-state index in [2.05, 4.69) is 16.4 Å². The molecule has 0 saturated carbocycles. The van der Waals surface area contributed by atoms with Gasteiger partial charge in [0.2, 0.25) is 0 Å². The van der Waals surface area contributed by atoms with Crippen LogP contribution < -0.4 is 0 Å². The molecule has 0 rings (SSSR count). The van der Waals surface area contributed by atoms with Crippen molar-refractivity contribution >= 4 is 0 Å². The molecular formula is C12H37O4U-. The number of ether oxygens (including phenoxy) is 2. The molecular weight excluding hydrogens is 446 g/mol. The molecule has 0 bridgehead atoms. The van der Waals surface area contributed by atoms with E-state index in [1.807, 2.05) is 0 Å². The second-order valence-corrected chi connectivity index (χ2v) is 1.43. The van der Waals surface area contributed by atoms with E-state index in [1.54, 1.807) is 21.1 Å². The van der Waals surface area contributed by atoms with Crippen molar-refractivity contribution in [3.63, 3.8) is 0 Å². The first-order valence-electron chi connectivity index (χ1n) is 3.73. The fraction of sp³-hybridized carbons (Fsp3) is 0.917. The van der Waals surface area contributed by atoms with Crippen LogP contribution in [0.4, 0.5) is 0 Å². The van der Waals surface area contributed by atoms with E-state index in [-0.39, 0.29) is 74.0 Å². The van der Waals surface area contributed by atoms with Gasteiger partial charge in [-0.3, -0.25) is 0 Å². The van der Waals surface area contributed by atoms with Crippen molar-refractivity contribution < 1.29 is 50.8 Å². The maximum atomic E-state index is 7.94. The van der Waals surface area contributed by atoms with Crippen LogP contribution in [0.2, 0.25) is 0 Å². The molecule has 0 aliphatic carbocycles. The quantitative estimate of drug-likeness (QED) is 0.604. The van der Waals surface area contributed by atoms with E-state index < -0.39 is 0 Å². The number of aliphatic hydroxyl groups is 2. The molecule has 0 atom stereocenters. The SMILES string of the molecule is C.C.C.C.COCCO.COCCO.[CH2-]C.[U]. The van der Waals surface area contributed by atoms with Crippen LogP contribution in [0.15, 0.2) is 0 Å². The standard InChI is InChI=1S/2C3H8O2.C2H5.4CH4.U/c2*1-5-3-2-4;1-2;;;;;/h2*4H,2-3H2,1H3;1H2,2H3;4*1H4;/q;;-1;;;;;. The monoisotopic (exact) mass is 483 g/mol. The van der Waals surface area contributed by atoms with Crippen molar-refractivity contribution in [1.29, 1.82) is 0 Å². The predicted molar refractivity (Wildman–Crippen MR) is 75.9 cm³/mol. The predicted octanol–water partition coefficient (Wildman–Crippen LogP) is 2.63. The van der Waals surface area contributed by atoms with Crippen molar-refractivity contribution in [2.75, 3.05) is 40.6 Å². The van der Waals surface area contributed by atoms with Gasteiger partial charge in [0.1, 0.15) is 0 Å². The Bertz CT molecular complexity index is 39.5. The van der Waals surface area contributed by atoms with Crippen LogP contribution in [-0.4, -0.2) is 50.9 Å². The first-order chi connectivity index (χ1) is 5.83. The van der Waals surface area contributed by atoms with Gasteiger partial charge in [0.15, 0.2) is 0 Å². The Morgan fingerprint density at radius 1 is 0.765 bits per heavy atom. The topological polar surface area (TPSA) is 58.9 Å². The van der Waals surface area contributed by atoms with Gasteiger partial charge in [-0.25, -0.2) is 0 Å². The summed E-state index contributed by atoms with van der Waals surface area (Å²) in [6.45, 7) is 6.13.